The van der Waals surface area contributed by atoms with Crippen molar-refractivity contribution in [3.63, 3.8) is 0 Å². The molecule has 1 heterocycles. The summed E-state index contributed by atoms with van der Waals surface area (Å²) in [6.45, 7) is 0. The number of aromatic nitrogens is 2. The van der Waals surface area contributed by atoms with E-state index in [1.165, 1.54) is 5.56 Å². The number of nitrogens with one attached hydrogen (secondary N) is 1. The molecular weight excluding hydrogens is 260 g/mol. The van der Waals surface area contributed by atoms with Gasteiger partial charge in [0.1, 0.15) is 12.1 Å². The highest BCUT2D eigenvalue weighted by atomic mass is 15.1. The Kier molecular flexibility index (Phi) is 2.74. The van der Waals surface area contributed by atoms with Crippen molar-refractivity contribution in [1.82, 2.24) is 9.97 Å². The van der Waals surface area contributed by atoms with E-state index in [1.807, 2.05) is 18.2 Å². The molecule has 0 aliphatic heterocycles. The molecule has 0 spiro atoms. The molecule has 1 saturated carbocycles. The van der Waals surface area contributed by atoms with Gasteiger partial charge in [0.15, 0.2) is 0 Å². The summed E-state index contributed by atoms with van der Waals surface area (Å²) < 4.78 is 0. The van der Waals surface area contributed by atoms with Crippen molar-refractivity contribution in [1.29, 1.82) is 0 Å². The second kappa shape index (κ2) is 4.74. The van der Waals surface area contributed by atoms with Crippen molar-refractivity contribution < 1.29 is 0 Å². The quantitative estimate of drug-likeness (QED) is 0.721. The molecule has 0 radical (unpaired) electrons. The Hall–Kier alpha value is -2.62. The predicted octanol–water partition coefficient (Wildman–Crippen LogP) is 3.18. The van der Waals surface area contributed by atoms with E-state index < -0.39 is 0 Å². The number of rotatable bonds is 3. The molecule has 4 heteroatoms. The molecule has 4 nitrogen and oxygen atoms in total. The van der Waals surface area contributed by atoms with E-state index in [2.05, 4.69) is 45.6 Å². The molecule has 0 saturated heterocycles. The smallest absolute Gasteiger partial charge is 0.137 e. The third kappa shape index (κ3) is 2.29. The highest BCUT2D eigenvalue weighted by Crippen LogP contribution is 2.43. The zero-order valence-electron chi connectivity index (χ0n) is 11.5. The fourth-order valence-electron chi connectivity index (χ4n) is 2.79. The Morgan fingerprint density at radius 2 is 1.90 bits per heavy atom. The summed E-state index contributed by atoms with van der Waals surface area (Å²) >= 11 is 0. The molecule has 104 valence electrons. The summed E-state index contributed by atoms with van der Waals surface area (Å²) in [6.07, 6.45) is 2.73. The Morgan fingerprint density at radius 1 is 1.05 bits per heavy atom. The van der Waals surface area contributed by atoms with E-state index in [4.69, 9.17) is 5.73 Å². The molecule has 1 fully saturated rings. The minimum Gasteiger partial charge on any atom is -0.399 e. The number of hydrogen-bond donors (Lipinski definition) is 2. The van der Waals surface area contributed by atoms with Gasteiger partial charge in [0.25, 0.3) is 0 Å². The van der Waals surface area contributed by atoms with Crippen LogP contribution >= 0.6 is 0 Å². The number of nitrogens with two attached hydrogens (primary N) is 1. The molecule has 2 aromatic carbocycles. The maximum Gasteiger partial charge on any atom is 0.137 e. The number of fused-ring (bicyclic) bond motifs is 1. The van der Waals surface area contributed by atoms with Crippen molar-refractivity contribution in [2.24, 2.45) is 0 Å². The SMILES string of the molecule is Nc1ccc2ncnc(NC3CC3c3ccccc3)c2c1. The van der Waals surface area contributed by atoms with Gasteiger partial charge in [-0.25, -0.2) is 9.97 Å². The number of nitrogen functional groups attached to an aromatic ring is 1. The average Bonchev–Trinajstić information content (AvgIpc) is 3.28. The molecule has 4 rings (SSSR count). The lowest BCUT2D eigenvalue weighted by atomic mass is 10.1. The normalized spacial score (nSPS) is 20.4. The zero-order chi connectivity index (χ0) is 14.2. The largest absolute Gasteiger partial charge is 0.399 e. The maximum absolute atomic E-state index is 5.87. The highest BCUT2D eigenvalue weighted by Gasteiger charge is 2.38. The molecule has 0 amide bonds. The lowest BCUT2D eigenvalue weighted by Crippen LogP contribution is -2.06. The van der Waals surface area contributed by atoms with Gasteiger partial charge in [0, 0.05) is 23.0 Å². The van der Waals surface area contributed by atoms with Gasteiger partial charge < -0.3 is 11.1 Å². The Bertz CT molecular complexity index is 785. The first kappa shape index (κ1) is 12.1. The van der Waals surface area contributed by atoms with Crippen LogP contribution in [0.5, 0.6) is 0 Å². The zero-order valence-corrected chi connectivity index (χ0v) is 11.5. The summed E-state index contributed by atoms with van der Waals surface area (Å²) in [7, 11) is 0. The van der Waals surface area contributed by atoms with Gasteiger partial charge in [0.05, 0.1) is 5.52 Å². The molecule has 1 aliphatic rings. The Morgan fingerprint density at radius 3 is 2.76 bits per heavy atom. The lowest BCUT2D eigenvalue weighted by molar-refractivity contribution is 1.03. The van der Waals surface area contributed by atoms with Crippen LogP contribution in [0, 0.1) is 0 Å². The van der Waals surface area contributed by atoms with Crippen LogP contribution in [0.15, 0.2) is 54.9 Å². The van der Waals surface area contributed by atoms with Crippen LogP contribution in [0.2, 0.25) is 0 Å². The monoisotopic (exact) mass is 276 g/mol. The van der Waals surface area contributed by atoms with Gasteiger partial charge in [-0.15, -0.1) is 0 Å². The second-order valence-electron chi connectivity index (χ2n) is 5.50. The van der Waals surface area contributed by atoms with Gasteiger partial charge >= 0.3 is 0 Å². The number of nitrogens with zero attached hydrogens (tertiary/aromatic N) is 2. The van der Waals surface area contributed by atoms with Crippen molar-refractivity contribution in [2.45, 2.75) is 18.4 Å². The van der Waals surface area contributed by atoms with Crippen LogP contribution in [0.1, 0.15) is 17.9 Å². The van der Waals surface area contributed by atoms with Crippen LogP contribution < -0.4 is 11.1 Å². The van der Waals surface area contributed by atoms with Crippen LogP contribution in [0.25, 0.3) is 10.9 Å². The summed E-state index contributed by atoms with van der Waals surface area (Å²) in [6, 6.07) is 16.8. The molecule has 2 atom stereocenters. The third-order valence-electron chi connectivity index (χ3n) is 4.00. The van der Waals surface area contributed by atoms with Gasteiger partial charge in [-0.05, 0) is 30.2 Å². The van der Waals surface area contributed by atoms with Gasteiger partial charge in [-0.3, -0.25) is 0 Å². The summed E-state index contributed by atoms with van der Waals surface area (Å²) in [4.78, 5) is 8.66. The maximum atomic E-state index is 5.87. The number of hydrogen-bond acceptors (Lipinski definition) is 4. The van der Waals surface area contributed by atoms with E-state index in [9.17, 15) is 0 Å². The summed E-state index contributed by atoms with van der Waals surface area (Å²) in [5.41, 5.74) is 8.90. The van der Waals surface area contributed by atoms with E-state index in [-0.39, 0.29) is 0 Å². The minimum absolute atomic E-state index is 0.437. The van der Waals surface area contributed by atoms with Crippen molar-refractivity contribution >= 4 is 22.4 Å². The molecule has 3 N–H and O–H groups in total. The summed E-state index contributed by atoms with van der Waals surface area (Å²) in [5, 5.41) is 4.51. The van der Waals surface area contributed by atoms with Gasteiger partial charge in [-0.1, -0.05) is 30.3 Å². The van der Waals surface area contributed by atoms with Crippen LogP contribution in [0.4, 0.5) is 11.5 Å². The molecule has 21 heavy (non-hydrogen) atoms. The van der Waals surface area contributed by atoms with Crippen LogP contribution in [-0.4, -0.2) is 16.0 Å². The molecule has 1 aliphatic carbocycles. The first-order valence-electron chi connectivity index (χ1n) is 7.13. The molecule has 1 aromatic heterocycles. The minimum atomic E-state index is 0.437. The Labute approximate surface area is 123 Å². The topological polar surface area (TPSA) is 63.8 Å². The molecule has 0 bridgehead atoms. The fraction of sp³-hybridized carbons (Fsp3) is 0.176. The number of anilines is 2. The molecule has 3 aromatic rings. The van der Waals surface area contributed by atoms with Crippen LogP contribution in [-0.2, 0) is 0 Å². The predicted molar refractivity (Wildman–Crippen MR) is 85.2 cm³/mol. The lowest BCUT2D eigenvalue weighted by Gasteiger charge is -2.08. The Balaban J connectivity index is 1.60. The van der Waals surface area contributed by atoms with Gasteiger partial charge in [-0.2, -0.15) is 0 Å². The van der Waals surface area contributed by atoms with Crippen LogP contribution in [0.3, 0.4) is 0 Å². The third-order valence-corrected chi connectivity index (χ3v) is 4.00. The fourth-order valence-corrected chi connectivity index (χ4v) is 2.79. The van der Waals surface area contributed by atoms with E-state index in [1.54, 1.807) is 6.33 Å². The summed E-state index contributed by atoms with van der Waals surface area (Å²) in [5.74, 6) is 1.44. The highest BCUT2D eigenvalue weighted by molar-refractivity contribution is 5.91. The van der Waals surface area contributed by atoms with Crippen molar-refractivity contribution in [2.75, 3.05) is 11.1 Å². The molecule has 2 unspecified atom stereocenters. The second-order valence-corrected chi connectivity index (χ2v) is 5.50. The first-order chi connectivity index (χ1) is 10.3. The van der Waals surface area contributed by atoms with Crippen molar-refractivity contribution in [3.05, 3.63) is 60.4 Å². The van der Waals surface area contributed by atoms with E-state index >= 15 is 0 Å². The average molecular weight is 276 g/mol. The number of benzene rings is 2. The van der Waals surface area contributed by atoms with E-state index in [0.717, 1.165) is 28.8 Å². The van der Waals surface area contributed by atoms with E-state index in [0.29, 0.717) is 12.0 Å². The van der Waals surface area contributed by atoms with Crippen molar-refractivity contribution in [3.8, 4) is 0 Å². The first-order valence-corrected chi connectivity index (χ1v) is 7.13. The standard InChI is InChI=1S/C17H16N4/c18-12-6-7-15-14(8-12)17(20-10-19-15)21-16-9-13(16)11-4-2-1-3-5-11/h1-8,10,13,16H,9,18H2,(H,19,20,21). The van der Waals surface area contributed by atoms with Gasteiger partial charge in [0.2, 0.25) is 0 Å². The molecular formula is C17H16N4.